The fraction of sp³-hybridized carbons (Fsp3) is 0.0588. The lowest BCUT2D eigenvalue weighted by Crippen LogP contribution is -1.97. The first-order chi connectivity index (χ1) is 10.4. The highest BCUT2D eigenvalue weighted by Crippen LogP contribution is 2.18. The number of nitrogens with two attached hydrogens (primary N) is 1. The standard InChI is InChI=1S/C10H8O3S.C7H9N/c11-14(12,13)10-6-5-8-3-1-2-4-9(8)7-10;1-6-4-2-3-5-7(6)8/h1-7H,(H,11,12,13);2-5H,8H2,1H3. The molecule has 0 aromatic heterocycles. The van der Waals surface area contributed by atoms with Crippen LogP contribution in [0.3, 0.4) is 0 Å². The fourth-order valence-electron chi connectivity index (χ4n) is 1.91. The Morgan fingerprint density at radius 1 is 0.864 bits per heavy atom. The lowest BCUT2D eigenvalue weighted by Gasteiger charge is -1.99. The molecule has 0 bridgehead atoms. The number of rotatable bonds is 1. The molecule has 0 heterocycles. The molecule has 0 aliphatic heterocycles. The maximum absolute atomic E-state index is 10.8. The molecule has 0 unspecified atom stereocenters. The number of para-hydroxylation sites is 1. The Hall–Kier alpha value is -2.37. The first-order valence-electron chi connectivity index (χ1n) is 6.65. The van der Waals surface area contributed by atoms with Gasteiger partial charge in [-0.1, -0.05) is 48.5 Å². The van der Waals surface area contributed by atoms with Gasteiger partial charge >= 0.3 is 0 Å². The highest BCUT2D eigenvalue weighted by Gasteiger charge is 2.08. The van der Waals surface area contributed by atoms with Gasteiger partial charge in [-0.05, 0) is 41.5 Å². The number of nitrogen functional groups attached to an aromatic ring is 1. The molecule has 3 N–H and O–H groups in total. The molecular weight excluding hydrogens is 298 g/mol. The topological polar surface area (TPSA) is 80.4 Å². The maximum atomic E-state index is 10.8. The van der Waals surface area contributed by atoms with E-state index in [-0.39, 0.29) is 4.90 Å². The normalized spacial score (nSPS) is 10.8. The zero-order chi connectivity index (χ0) is 16.2. The van der Waals surface area contributed by atoms with Gasteiger partial charge in [0.2, 0.25) is 0 Å². The van der Waals surface area contributed by atoms with Gasteiger partial charge in [-0.25, -0.2) is 0 Å². The van der Waals surface area contributed by atoms with Gasteiger partial charge in [0.15, 0.2) is 0 Å². The molecule has 22 heavy (non-hydrogen) atoms. The minimum absolute atomic E-state index is 0.0730. The summed E-state index contributed by atoms with van der Waals surface area (Å²) < 4.78 is 30.5. The number of anilines is 1. The lowest BCUT2D eigenvalue weighted by atomic mass is 10.1. The van der Waals surface area contributed by atoms with E-state index in [0.717, 1.165) is 22.0 Å². The van der Waals surface area contributed by atoms with E-state index in [1.165, 1.54) is 12.1 Å². The molecule has 114 valence electrons. The monoisotopic (exact) mass is 315 g/mol. The summed E-state index contributed by atoms with van der Waals surface area (Å²) in [5, 5.41) is 1.74. The lowest BCUT2D eigenvalue weighted by molar-refractivity contribution is 0.483. The van der Waals surface area contributed by atoms with Crippen molar-refractivity contribution in [3.05, 3.63) is 72.3 Å². The summed E-state index contributed by atoms with van der Waals surface area (Å²) in [5.74, 6) is 0. The highest BCUT2D eigenvalue weighted by molar-refractivity contribution is 7.85. The predicted octanol–water partition coefficient (Wildman–Crippen LogP) is 3.66. The second kappa shape index (κ2) is 6.60. The number of hydrogen-bond acceptors (Lipinski definition) is 3. The van der Waals surface area contributed by atoms with Gasteiger partial charge in [0, 0.05) is 5.69 Å². The zero-order valence-electron chi connectivity index (χ0n) is 12.1. The Bertz CT molecular complexity index is 868. The molecule has 0 atom stereocenters. The molecule has 0 saturated carbocycles. The van der Waals surface area contributed by atoms with E-state index >= 15 is 0 Å². The smallest absolute Gasteiger partial charge is 0.294 e. The summed E-state index contributed by atoms with van der Waals surface area (Å²) >= 11 is 0. The van der Waals surface area contributed by atoms with Crippen LogP contribution in [-0.4, -0.2) is 13.0 Å². The predicted molar refractivity (Wildman–Crippen MR) is 89.4 cm³/mol. The van der Waals surface area contributed by atoms with Crippen molar-refractivity contribution in [1.29, 1.82) is 0 Å². The summed E-state index contributed by atoms with van der Waals surface area (Å²) in [6.45, 7) is 2.00. The summed E-state index contributed by atoms with van der Waals surface area (Å²) in [5.41, 5.74) is 7.53. The molecule has 0 aliphatic rings. The molecule has 0 saturated heterocycles. The SMILES string of the molecule is Cc1ccccc1N.O=S(=O)(O)c1ccc2ccccc2c1. The Labute approximate surface area is 130 Å². The van der Waals surface area contributed by atoms with Crippen LogP contribution in [0.2, 0.25) is 0 Å². The van der Waals surface area contributed by atoms with Gasteiger partial charge in [0.25, 0.3) is 10.1 Å². The van der Waals surface area contributed by atoms with E-state index in [0.29, 0.717) is 0 Å². The van der Waals surface area contributed by atoms with Crippen LogP contribution in [0.4, 0.5) is 5.69 Å². The molecule has 3 aromatic carbocycles. The second-order valence-corrected chi connectivity index (χ2v) is 6.26. The van der Waals surface area contributed by atoms with Crippen LogP contribution in [0, 0.1) is 6.92 Å². The first kappa shape index (κ1) is 16.0. The van der Waals surface area contributed by atoms with Gasteiger partial charge < -0.3 is 5.73 Å². The molecular formula is C17H17NO3S. The van der Waals surface area contributed by atoms with Crippen molar-refractivity contribution in [3.8, 4) is 0 Å². The van der Waals surface area contributed by atoms with E-state index < -0.39 is 10.1 Å². The van der Waals surface area contributed by atoms with Crippen LogP contribution >= 0.6 is 0 Å². The van der Waals surface area contributed by atoms with Gasteiger partial charge in [-0.15, -0.1) is 0 Å². The van der Waals surface area contributed by atoms with Crippen LogP contribution < -0.4 is 5.73 Å². The van der Waals surface area contributed by atoms with Gasteiger partial charge in [0.1, 0.15) is 0 Å². The minimum Gasteiger partial charge on any atom is -0.399 e. The number of aryl methyl sites for hydroxylation is 1. The van der Waals surface area contributed by atoms with Crippen molar-refractivity contribution in [2.75, 3.05) is 5.73 Å². The number of benzene rings is 3. The van der Waals surface area contributed by atoms with Crippen LogP contribution in [-0.2, 0) is 10.1 Å². The molecule has 0 radical (unpaired) electrons. The quantitative estimate of drug-likeness (QED) is 0.530. The average molecular weight is 315 g/mol. The van der Waals surface area contributed by atoms with Crippen molar-refractivity contribution in [1.82, 2.24) is 0 Å². The van der Waals surface area contributed by atoms with E-state index in [1.807, 2.05) is 49.4 Å². The Morgan fingerprint density at radius 2 is 1.45 bits per heavy atom. The average Bonchev–Trinajstić information content (AvgIpc) is 2.49. The van der Waals surface area contributed by atoms with Crippen LogP contribution in [0.1, 0.15) is 5.56 Å². The molecule has 0 aliphatic carbocycles. The third-order valence-electron chi connectivity index (χ3n) is 3.21. The minimum atomic E-state index is -4.09. The Morgan fingerprint density at radius 3 is 2.00 bits per heavy atom. The maximum Gasteiger partial charge on any atom is 0.294 e. The van der Waals surface area contributed by atoms with Crippen molar-refractivity contribution >= 4 is 26.6 Å². The summed E-state index contributed by atoms with van der Waals surface area (Å²) in [4.78, 5) is -0.0730. The van der Waals surface area contributed by atoms with E-state index in [9.17, 15) is 8.42 Å². The molecule has 0 fully saturated rings. The van der Waals surface area contributed by atoms with Crippen molar-refractivity contribution in [2.45, 2.75) is 11.8 Å². The zero-order valence-corrected chi connectivity index (χ0v) is 12.9. The Kier molecular flexibility index (Phi) is 4.80. The second-order valence-electron chi connectivity index (χ2n) is 4.84. The third kappa shape index (κ3) is 4.07. The van der Waals surface area contributed by atoms with Crippen LogP contribution in [0.15, 0.2) is 71.6 Å². The summed E-state index contributed by atoms with van der Waals surface area (Å²) in [6, 6.07) is 19.7. The van der Waals surface area contributed by atoms with E-state index in [1.54, 1.807) is 12.1 Å². The highest BCUT2D eigenvalue weighted by atomic mass is 32.2. The summed E-state index contributed by atoms with van der Waals surface area (Å²) in [6.07, 6.45) is 0. The van der Waals surface area contributed by atoms with Crippen molar-refractivity contribution in [3.63, 3.8) is 0 Å². The van der Waals surface area contributed by atoms with Crippen LogP contribution in [0.5, 0.6) is 0 Å². The largest absolute Gasteiger partial charge is 0.399 e. The molecule has 4 nitrogen and oxygen atoms in total. The number of hydrogen-bond donors (Lipinski definition) is 2. The van der Waals surface area contributed by atoms with Crippen molar-refractivity contribution in [2.24, 2.45) is 0 Å². The molecule has 0 spiro atoms. The molecule has 0 amide bonds. The molecule has 3 aromatic rings. The van der Waals surface area contributed by atoms with Gasteiger partial charge in [0.05, 0.1) is 4.90 Å². The third-order valence-corrected chi connectivity index (χ3v) is 4.06. The molecule has 3 rings (SSSR count). The number of fused-ring (bicyclic) bond motifs is 1. The van der Waals surface area contributed by atoms with Crippen molar-refractivity contribution < 1.29 is 13.0 Å². The van der Waals surface area contributed by atoms with Gasteiger partial charge in [-0.2, -0.15) is 8.42 Å². The van der Waals surface area contributed by atoms with E-state index in [2.05, 4.69) is 0 Å². The van der Waals surface area contributed by atoms with Crippen LogP contribution in [0.25, 0.3) is 10.8 Å². The van der Waals surface area contributed by atoms with E-state index in [4.69, 9.17) is 10.3 Å². The first-order valence-corrected chi connectivity index (χ1v) is 8.09. The molecule has 5 heteroatoms. The summed E-state index contributed by atoms with van der Waals surface area (Å²) in [7, 11) is -4.09. The van der Waals surface area contributed by atoms with Gasteiger partial charge in [-0.3, -0.25) is 4.55 Å². The fourth-order valence-corrected chi connectivity index (χ4v) is 2.43. The Balaban J connectivity index is 0.000000188.